The first-order valence-electron chi connectivity index (χ1n) is 4.84. The van der Waals surface area contributed by atoms with E-state index in [4.69, 9.17) is 0 Å². The number of nitrogens with zero attached hydrogens (tertiary/aromatic N) is 1. The first kappa shape index (κ1) is 10.6. The Morgan fingerprint density at radius 3 is 2.44 bits per heavy atom. The van der Waals surface area contributed by atoms with Crippen molar-refractivity contribution in [2.24, 2.45) is 0 Å². The lowest BCUT2D eigenvalue weighted by Crippen LogP contribution is -2.17. The fourth-order valence-electron chi connectivity index (χ4n) is 1.53. The van der Waals surface area contributed by atoms with E-state index in [2.05, 4.69) is 4.98 Å². The zero-order valence-electron chi connectivity index (χ0n) is 8.41. The SMILES string of the molecule is O=c1[nH]ccn1CCc1cc(F)cc(F)c1. The summed E-state index contributed by atoms with van der Waals surface area (Å²) in [7, 11) is 0. The molecule has 0 saturated carbocycles. The first-order chi connectivity index (χ1) is 7.65. The highest BCUT2D eigenvalue weighted by Crippen LogP contribution is 2.08. The Hall–Kier alpha value is -1.91. The van der Waals surface area contributed by atoms with Crippen LogP contribution in [0.4, 0.5) is 8.78 Å². The van der Waals surface area contributed by atoms with E-state index in [0.717, 1.165) is 6.07 Å². The number of hydrogen-bond donors (Lipinski definition) is 1. The molecule has 5 heteroatoms. The molecule has 2 aromatic rings. The maximum atomic E-state index is 12.9. The van der Waals surface area contributed by atoms with Crippen molar-refractivity contribution in [1.29, 1.82) is 0 Å². The van der Waals surface area contributed by atoms with Gasteiger partial charge in [-0.25, -0.2) is 13.6 Å². The minimum Gasteiger partial charge on any atom is -0.313 e. The smallest absolute Gasteiger partial charge is 0.313 e. The maximum Gasteiger partial charge on any atom is 0.325 e. The lowest BCUT2D eigenvalue weighted by Gasteiger charge is -2.02. The molecule has 1 heterocycles. The van der Waals surface area contributed by atoms with Gasteiger partial charge in [-0.2, -0.15) is 0 Å². The normalized spacial score (nSPS) is 10.6. The van der Waals surface area contributed by atoms with Gasteiger partial charge in [-0.1, -0.05) is 0 Å². The summed E-state index contributed by atoms with van der Waals surface area (Å²) in [5.74, 6) is -1.20. The van der Waals surface area contributed by atoms with Gasteiger partial charge in [-0.3, -0.25) is 4.57 Å². The second-order valence-electron chi connectivity index (χ2n) is 3.49. The fourth-order valence-corrected chi connectivity index (χ4v) is 1.53. The molecule has 0 radical (unpaired) electrons. The minimum absolute atomic E-state index is 0.225. The van der Waals surface area contributed by atoms with E-state index in [9.17, 15) is 13.6 Å². The second kappa shape index (κ2) is 4.30. The molecule has 0 fully saturated rings. The number of nitrogens with one attached hydrogen (secondary N) is 1. The van der Waals surface area contributed by atoms with E-state index in [-0.39, 0.29) is 5.69 Å². The molecule has 2 rings (SSSR count). The molecule has 3 nitrogen and oxygen atoms in total. The van der Waals surface area contributed by atoms with Crippen LogP contribution in [0.1, 0.15) is 5.56 Å². The lowest BCUT2D eigenvalue weighted by molar-refractivity contribution is 0.575. The summed E-state index contributed by atoms with van der Waals surface area (Å²) in [6.45, 7) is 0.394. The average molecular weight is 224 g/mol. The Labute approximate surface area is 90.3 Å². The van der Waals surface area contributed by atoms with Crippen molar-refractivity contribution >= 4 is 0 Å². The molecule has 1 N–H and O–H groups in total. The van der Waals surface area contributed by atoms with Gasteiger partial charge >= 0.3 is 5.69 Å². The molecule has 16 heavy (non-hydrogen) atoms. The van der Waals surface area contributed by atoms with E-state index in [1.807, 2.05) is 0 Å². The predicted molar refractivity (Wildman–Crippen MR) is 55.1 cm³/mol. The second-order valence-corrected chi connectivity index (χ2v) is 3.49. The molecule has 0 aliphatic heterocycles. The highest BCUT2D eigenvalue weighted by molar-refractivity contribution is 5.17. The van der Waals surface area contributed by atoms with Crippen LogP contribution in [0, 0.1) is 11.6 Å². The molecule has 0 atom stereocenters. The number of aromatic nitrogens is 2. The largest absolute Gasteiger partial charge is 0.325 e. The van der Waals surface area contributed by atoms with Crippen molar-refractivity contribution in [2.45, 2.75) is 13.0 Å². The number of aromatic amines is 1. The number of imidazole rings is 1. The summed E-state index contributed by atoms with van der Waals surface area (Å²) < 4.78 is 27.2. The zero-order valence-corrected chi connectivity index (χ0v) is 8.41. The molecule has 0 amide bonds. The molecule has 84 valence electrons. The summed E-state index contributed by atoms with van der Waals surface area (Å²) in [4.78, 5) is 13.6. The molecule has 0 spiro atoms. The Morgan fingerprint density at radius 2 is 1.88 bits per heavy atom. The third-order valence-electron chi connectivity index (χ3n) is 2.29. The van der Waals surface area contributed by atoms with Crippen LogP contribution in [0.5, 0.6) is 0 Å². The Bertz CT molecular complexity index is 525. The van der Waals surface area contributed by atoms with E-state index < -0.39 is 11.6 Å². The summed E-state index contributed by atoms with van der Waals surface area (Å²) in [5, 5.41) is 0. The van der Waals surface area contributed by atoms with E-state index in [1.54, 1.807) is 6.20 Å². The molecule has 1 aromatic carbocycles. The average Bonchev–Trinajstić information content (AvgIpc) is 2.59. The van der Waals surface area contributed by atoms with Crippen LogP contribution in [-0.2, 0) is 13.0 Å². The van der Waals surface area contributed by atoms with Gasteiger partial charge < -0.3 is 4.98 Å². The molecule has 0 unspecified atom stereocenters. The monoisotopic (exact) mass is 224 g/mol. The van der Waals surface area contributed by atoms with Crippen molar-refractivity contribution in [3.8, 4) is 0 Å². The highest BCUT2D eigenvalue weighted by Gasteiger charge is 2.02. The number of halogens is 2. The highest BCUT2D eigenvalue weighted by atomic mass is 19.1. The van der Waals surface area contributed by atoms with Crippen LogP contribution in [0.3, 0.4) is 0 Å². The van der Waals surface area contributed by atoms with Gasteiger partial charge in [0.1, 0.15) is 11.6 Å². The standard InChI is InChI=1S/C11H10F2N2O/c12-9-5-8(6-10(13)7-9)1-3-15-4-2-14-11(15)16/h2,4-7H,1,3H2,(H,14,16). The minimum atomic E-state index is -0.601. The van der Waals surface area contributed by atoms with Gasteiger partial charge in [-0.15, -0.1) is 0 Å². The molecule has 0 saturated heterocycles. The van der Waals surface area contributed by atoms with Gasteiger partial charge in [0.15, 0.2) is 0 Å². The third-order valence-corrected chi connectivity index (χ3v) is 2.29. The van der Waals surface area contributed by atoms with Crippen LogP contribution < -0.4 is 5.69 Å². The van der Waals surface area contributed by atoms with Gasteiger partial charge in [0.2, 0.25) is 0 Å². The van der Waals surface area contributed by atoms with E-state index >= 15 is 0 Å². The number of benzene rings is 1. The van der Waals surface area contributed by atoms with Gasteiger partial charge in [0, 0.05) is 25.0 Å². The van der Waals surface area contributed by atoms with Crippen molar-refractivity contribution in [1.82, 2.24) is 9.55 Å². The number of hydrogen-bond acceptors (Lipinski definition) is 1. The predicted octanol–water partition coefficient (Wildman–Crippen LogP) is 1.70. The van der Waals surface area contributed by atoms with E-state index in [1.165, 1.54) is 22.9 Å². The summed E-state index contributed by atoms with van der Waals surface area (Å²) in [6, 6.07) is 3.35. The molecular formula is C11H10F2N2O. The maximum absolute atomic E-state index is 12.9. The first-order valence-corrected chi connectivity index (χ1v) is 4.84. The van der Waals surface area contributed by atoms with Gasteiger partial charge in [0.05, 0.1) is 0 Å². The summed E-state index contributed by atoms with van der Waals surface area (Å²) in [6.07, 6.45) is 3.53. The van der Waals surface area contributed by atoms with Crippen LogP contribution in [0.15, 0.2) is 35.4 Å². The quantitative estimate of drug-likeness (QED) is 0.846. The number of aryl methyl sites for hydroxylation is 2. The molecule has 0 aliphatic carbocycles. The molecular weight excluding hydrogens is 214 g/mol. The molecule has 0 bridgehead atoms. The Morgan fingerprint density at radius 1 is 1.19 bits per heavy atom. The van der Waals surface area contributed by atoms with Crippen LogP contribution in [0.2, 0.25) is 0 Å². The Balaban J connectivity index is 2.10. The van der Waals surface area contributed by atoms with Crippen molar-refractivity contribution in [3.05, 3.63) is 58.3 Å². The lowest BCUT2D eigenvalue weighted by atomic mass is 10.1. The molecule has 1 aromatic heterocycles. The van der Waals surface area contributed by atoms with E-state index in [0.29, 0.717) is 18.5 Å². The van der Waals surface area contributed by atoms with Crippen molar-refractivity contribution in [2.75, 3.05) is 0 Å². The third kappa shape index (κ3) is 2.36. The topological polar surface area (TPSA) is 37.8 Å². The zero-order chi connectivity index (χ0) is 11.5. The Kier molecular flexibility index (Phi) is 2.85. The van der Waals surface area contributed by atoms with Crippen LogP contribution in [0.25, 0.3) is 0 Å². The summed E-state index contributed by atoms with van der Waals surface area (Å²) >= 11 is 0. The fraction of sp³-hybridized carbons (Fsp3) is 0.182. The van der Waals surface area contributed by atoms with Crippen LogP contribution in [-0.4, -0.2) is 9.55 Å². The van der Waals surface area contributed by atoms with Crippen LogP contribution >= 0.6 is 0 Å². The summed E-state index contributed by atoms with van der Waals surface area (Å²) in [5.41, 5.74) is 0.308. The van der Waals surface area contributed by atoms with Crippen molar-refractivity contribution < 1.29 is 8.78 Å². The van der Waals surface area contributed by atoms with Crippen molar-refractivity contribution in [3.63, 3.8) is 0 Å². The molecule has 0 aliphatic rings. The number of rotatable bonds is 3. The van der Waals surface area contributed by atoms with Gasteiger partial charge in [0.25, 0.3) is 0 Å². The number of H-pyrrole nitrogens is 1. The van der Waals surface area contributed by atoms with Gasteiger partial charge in [-0.05, 0) is 24.1 Å².